The number of hydrogen-bond acceptors (Lipinski definition) is 0. The topological polar surface area (TPSA) is 0 Å². The zero-order valence-corrected chi connectivity index (χ0v) is 12.8. The summed E-state index contributed by atoms with van der Waals surface area (Å²) in [5, 5.41) is 0. The van der Waals surface area contributed by atoms with Crippen LogP contribution in [-0.2, 0) is 0 Å². The molecule has 0 fully saturated rings. The third-order valence-corrected chi connectivity index (χ3v) is 10.9. The summed E-state index contributed by atoms with van der Waals surface area (Å²) in [5.41, 5.74) is 0. The molecule has 0 unspecified atom stereocenters. The van der Waals surface area contributed by atoms with E-state index in [0.29, 0.717) is 0 Å². The molecule has 0 radical (unpaired) electrons. The van der Waals surface area contributed by atoms with Crippen molar-refractivity contribution in [3.63, 3.8) is 0 Å². The first kappa shape index (κ1) is 11.8. The van der Waals surface area contributed by atoms with Crippen molar-refractivity contribution in [2.45, 2.75) is 40.5 Å². The summed E-state index contributed by atoms with van der Waals surface area (Å²) in [4.78, 5) is 7.37. The third kappa shape index (κ3) is 5.97. The van der Waals surface area contributed by atoms with Gasteiger partial charge in [-0.25, -0.2) is 0 Å². The first-order valence-electron chi connectivity index (χ1n) is 4.31. The van der Waals surface area contributed by atoms with Crippen molar-refractivity contribution >= 4 is 26.5 Å². The van der Waals surface area contributed by atoms with Crippen LogP contribution in [0.5, 0.6) is 0 Å². The Balaban J connectivity index is 4.11. The maximum absolute atomic E-state index is 4.24. The minimum atomic E-state index is -1.71. The van der Waals surface area contributed by atoms with Gasteiger partial charge < -0.3 is 0 Å². The Morgan fingerprint density at radius 1 is 1.18 bits per heavy atom. The van der Waals surface area contributed by atoms with Crippen LogP contribution in [0.15, 0.2) is 10.2 Å². The summed E-state index contributed by atoms with van der Waals surface area (Å²) < 4.78 is 1.62. The molecule has 0 bridgehead atoms. The Labute approximate surface area is 77.0 Å². The van der Waals surface area contributed by atoms with Crippen LogP contribution in [0.4, 0.5) is 0 Å². The molecule has 0 rings (SSSR count). The van der Waals surface area contributed by atoms with Gasteiger partial charge in [0.05, 0.1) is 0 Å². The summed E-state index contributed by atoms with van der Waals surface area (Å²) in [5.74, 6) is 0. The molecule has 0 saturated carbocycles. The van der Waals surface area contributed by atoms with Crippen LogP contribution in [0.25, 0.3) is 0 Å². The summed E-state index contributed by atoms with van der Waals surface area (Å²) >= 11 is -1.71. The molecule has 0 aromatic carbocycles. The molecule has 0 saturated heterocycles. The predicted octanol–water partition coefficient (Wildman–Crippen LogP) is 3.76. The SMILES string of the molecule is C=[C](C[Si](C)(C)C)[Sn]([CH3])([CH3])[CH3]. The predicted molar refractivity (Wildman–Crippen MR) is 60.6 cm³/mol. The standard InChI is InChI=1S/C6H13Si.3CH3.Sn/c1-5-6-7(2,3)4;;;;/h1,6H2,2-4H3;3*1H3;. The average molecular weight is 277 g/mol. The second kappa shape index (κ2) is 3.65. The van der Waals surface area contributed by atoms with Crippen LogP contribution in [0.3, 0.4) is 0 Å². The molecule has 0 aliphatic carbocycles. The molecular weight excluding hydrogens is 255 g/mol. The van der Waals surface area contributed by atoms with Crippen LogP contribution in [0.1, 0.15) is 0 Å². The van der Waals surface area contributed by atoms with Gasteiger partial charge >= 0.3 is 77.1 Å². The van der Waals surface area contributed by atoms with E-state index in [9.17, 15) is 0 Å². The van der Waals surface area contributed by atoms with E-state index in [1.54, 1.807) is 3.59 Å². The monoisotopic (exact) mass is 278 g/mol. The van der Waals surface area contributed by atoms with Gasteiger partial charge in [-0.2, -0.15) is 0 Å². The van der Waals surface area contributed by atoms with E-state index in [1.807, 2.05) is 0 Å². The molecule has 0 atom stereocenters. The number of rotatable bonds is 3. The zero-order chi connectivity index (χ0) is 9.28. The molecule has 0 aromatic heterocycles. The Kier molecular flexibility index (Phi) is 3.90. The van der Waals surface area contributed by atoms with E-state index in [2.05, 4.69) is 41.0 Å². The maximum atomic E-state index is 4.24. The molecule has 0 aliphatic heterocycles. The Hall–Kier alpha value is 0.756. The van der Waals surface area contributed by atoms with Crippen molar-refractivity contribution in [2.75, 3.05) is 0 Å². The molecule has 0 amide bonds. The van der Waals surface area contributed by atoms with E-state index in [4.69, 9.17) is 0 Å². The van der Waals surface area contributed by atoms with Gasteiger partial charge in [0, 0.05) is 0 Å². The Morgan fingerprint density at radius 3 is 1.64 bits per heavy atom. The van der Waals surface area contributed by atoms with E-state index >= 15 is 0 Å². The number of allylic oxidation sites excluding steroid dienone is 1. The summed E-state index contributed by atoms with van der Waals surface area (Å²) in [7, 11) is -0.877. The molecule has 0 N–H and O–H groups in total. The molecule has 0 nitrogen and oxygen atoms in total. The van der Waals surface area contributed by atoms with Gasteiger partial charge in [-0.1, -0.05) is 0 Å². The van der Waals surface area contributed by atoms with Gasteiger partial charge in [-0.3, -0.25) is 0 Å². The summed E-state index contributed by atoms with van der Waals surface area (Å²) in [6.07, 6.45) is 0. The molecule has 0 spiro atoms. The van der Waals surface area contributed by atoms with Crippen molar-refractivity contribution in [1.29, 1.82) is 0 Å². The van der Waals surface area contributed by atoms with Crippen LogP contribution < -0.4 is 0 Å². The Bertz CT molecular complexity index is 148. The van der Waals surface area contributed by atoms with Crippen LogP contribution in [-0.4, -0.2) is 26.5 Å². The fraction of sp³-hybridized carbons (Fsp3) is 0.778. The van der Waals surface area contributed by atoms with Gasteiger partial charge in [0.2, 0.25) is 0 Å². The van der Waals surface area contributed by atoms with Gasteiger partial charge in [0.15, 0.2) is 0 Å². The number of hydrogen-bond donors (Lipinski definition) is 0. The van der Waals surface area contributed by atoms with Gasteiger partial charge in [0.1, 0.15) is 0 Å². The van der Waals surface area contributed by atoms with Crippen molar-refractivity contribution < 1.29 is 0 Å². The van der Waals surface area contributed by atoms with Gasteiger partial charge in [-0.15, -0.1) is 0 Å². The van der Waals surface area contributed by atoms with Crippen molar-refractivity contribution in [1.82, 2.24) is 0 Å². The third-order valence-electron chi connectivity index (χ3n) is 1.80. The molecule has 2 heteroatoms. The fourth-order valence-electron chi connectivity index (χ4n) is 0.905. The molecule has 11 heavy (non-hydrogen) atoms. The molecule has 0 aliphatic rings. The molecule has 0 aromatic rings. The fourth-order valence-corrected chi connectivity index (χ4v) is 11.8. The van der Waals surface area contributed by atoms with Crippen molar-refractivity contribution in [3.05, 3.63) is 10.2 Å². The second-order valence-electron chi connectivity index (χ2n) is 5.59. The van der Waals surface area contributed by atoms with Crippen LogP contribution >= 0.6 is 0 Å². The van der Waals surface area contributed by atoms with Crippen LogP contribution in [0.2, 0.25) is 40.5 Å². The first-order chi connectivity index (χ1) is 4.63. The normalized spacial score (nSPS) is 13.3. The Morgan fingerprint density at radius 2 is 1.55 bits per heavy atom. The molecule has 0 heterocycles. The van der Waals surface area contributed by atoms with E-state index in [0.717, 1.165) is 0 Å². The van der Waals surface area contributed by atoms with Crippen molar-refractivity contribution in [3.8, 4) is 0 Å². The summed E-state index contributed by atoms with van der Waals surface area (Å²) in [6, 6.07) is 1.35. The minimum absolute atomic E-state index is 0.877. The second-order valence-corrected chi connectivity index (χ2v) is 25.9. The first-order valence-corrected chi connectivity index (χ1v) is 18.0. The quantitative estimate of drug-likeness (QED) is 0.689. The summed E-state index contributed by atoms with van der Waals surface area (Å²) in [6.45, 7) is 11.5. The van der Waals surface area contributed by atoms with E-state index in [1.165, 1.54) is 6.04 Å². The average Bonchev–Trinajstić information content (AvgIpc) is 1.56. The van der Waals surface area contributed by atoms with Gasteiger partial charge in [-0.05, 0) is 0 Å². The van der Waals surface area contributed by atoms with Crippen LogP contribution in [0, 0.1) is 0 Å². The van der Waals surface area contributed by atoms with Crippen molar-refractivity contribution in [2.24, 2.45) is 0 Å². The molecular formula is C9H22SiSn. The molecule has 66 valence electrons. The van der Waals surface area contributed by atoms with E-state index in [-0.39, 0.29) is 0 Å². The van der Waals surface area contributed by atoms with Gasteiger partial charge in [0.25, 0.3) is 0 Å². The van der Waals surface area contributed by atoms with E-state index < -0.39 is 26.5 Å². The zero-order valence-electron chi connectivity index (χ0n) is 8.91.